The zero-order valence-electron chi connectivity index (χ0n) is 35.2. The average Bonchev–Trinajstić information content (AvgIpc) is 3.69. The van der Waals surface area contributed by atoms with Gasteiger partial charge in [-0.25, -0.2) is 18.8 Å². The third-order valence-electron chi connectivity index (χ3n) is 12.1. The summed E-state index contributed by atoms with van der Waals surface area (Å²) < 4.78 is 28.2. The molecule has 9 nitrogen and oxygen atoms in total. The molecule has 0 spiro atoms. The second-order valence-electron chi connectivity index (χ2n) is 17.2. The van der Waals surface area contributed by atoms with Gasteiger partial charge in [0.05, 0.1) is 28.9 Å². The van der Waals surface area contributed by atoms with E-state index in [9.17, 15) is 13.6 Å². The lowest BCUT2D eigenvalue weighted by atomic mass is 9.86. The van der Waals surface area contributed by atoms with Crippen molar-refractivity contribution < 1.29 is 13.6 Å². The molecule has 0 radical (unpaired) electrons. The minimum Gasteiger partial charge on any atom is -0.371 e. The fourth-order valence-electron chi connectivity index (χ4n) is 8.67. The van der Waals surface area contributed by atoms with Crippen molar-refractivity contribution in [1.29, 1.82) is 0 Å². The lowest BCUT2D eigenvalue weighted by Crippen LogP contribution is -2.70. The topological polar surface area (TPSA) is 79.0 Å². The SMILES string of the molecule is C=C(CCc1ccc(N2CC3CC(C2=O)N3C(=C)/C=C/CN(C)C)s1)NN(C)CNC(=C)c1cccc(-c2nc(NC3(c4ccc5c(c4)CC(F)(F)C5)CC3)ccc2C)c1. The Morgan fingerprint density at radius 3 is 2.58 bits per heavy atom. The molecule has 2 atom stereocenters. The van der Waals surface area contributed by atoms with Gasteiger partial charge in [-0.1, -0.05) is 68.3 Å². The highest BCUT2D eigenvalue weighted by atomic mass is 32.1. The third kappa shape index (κ3) is 8.91. The van der Waals surface area contributed by atoms with E-state index in [0.717, 1.165) is 106 Å². The predicted octanol–water partition coefficient (Wildman–Crippen LogP) is 8.48. The summed E-state index contributed by atoms with van der Waals surface area (Å²) >= 11 is 1.68. The fourth-order valence-corrected chi connectivity index (χ4v) is 9.69. The molecule has 4 fully saturated rings. The molecule has 2 unspecified atom stereocenters. The second-order valence-corrected chi connectivity index (χ2v) is 18.4. The van der Waals surface area contributed by atoms with Gasteiger partial charge >= 0.3 is 0 Å². The minimum absolute atomic E-state index is 0.132. The summed E-state index contributed by atoms with van der Waals surface area (Å²) in [5.41, 5.74) is 12.1. The number of aryl methyl sites for hydroxylation is 2. The Morgan fingerprint density at radius 2 is 1.82 bits per heavy atom. The Labute approximate surface area is 357 Å². The van der Waals surface area contributed by atoms with Crippen LogP contribution in [0.4, 0.5) is 19.6 Å². The molecule has 2 aromatic carbocycles. The van der Waals surface area contributed by atoms with E-state index in [4.69, 9.17) is 4.98 Å². The molecule has 2 aromatic heterocycles. The molecular weight excluding hydrogens is 775 g/mol. The molecule has 1 saturated carbocycles. The van der Waals surface area contributed by atoms with Gasteiger partial charge in [-0.2, -0.15) is 0 Å². The highest BCUT2D eigenvalue weighted by molar-refractivity contribution is 7.16. The number of anilines is 2. The molecule has 9 rings (SSSR count). The molecule has 4 aromatic rings. The highest BCUT2D eigenvalue weighted by Gasteiger charge is 2.51. The standard InChI is InChI=1S/C48H56F2N8OS/c1-31-13-19-43(53-47(21-22-47)39-16-15-37-27-48(49,50)28-38(37)25-39)52-45(31)36-12-8-11-35(24-36)34(4)51-30-56(7)54-32(2)14-17-41-18-20-44(60-41)57-29-40-26-42(46(57)59)58(40)33(3)10-9-23-55(5)6/h8-13,15-16,18-20,24-25,40,42,51,54H,2-4,14,17,21-23,26-30H2,1,5-7H3,(H,52,53)/b10-9+. The number of nitrogens with one attached hydrogen (secondary N) is 3. The first-order valence-corrected chi connectivity index (χ1v) is 21.6. The van der Waals surface area contributed by atoms with E-state index in [1.165, 1.54) is 4.88 Å². The number of alkyl halides is 2. The average molecular weight is 831 g/mol. The van der Waals surface area contributed by atoms with Crippen molar-refractivity contribution in [1.82, 2.24) is 30.5 Å². The number of aromatic nitrogens is 1. The Morgan fingerprint density at radius 1 is 1.02 bits per heavy atom. The second kappa shape index (κ2) is 16.6. The van der Waals surface area contributed by atoms with Crippen molar-refractivity contribution >= 4 is 33.8 Å². The van der Waals surface area contributed by atoms with E-state index in [2.05, 4.69) is 88.9 Å². The summed E-state index contributed by atoms with van der Waals surface area (Å²) in [6.07, 6.45) is 8.10. The van der Waals surface area contributed by atoms with Gasteiger partial charge in [0, 0.05) is 60.5 Å². The van der Waals surface area contributed by atoms with Crippen molar-refractivity contribution in [3.8, 4) is 11.3 Å². The summed E-state index contributed by atoms with van der Waals surface area (Å²) in [4.78, 5) is 26.0. The first kappa shape index (κ1) is 41.4. The molecule has 60 heavy (non-hydrogen) atoms. The lowest BCUT2D eigenvalue weighted by Gasteiger charge is -2.56. The first-order chi connectivity index (χ1) is 28.7. The Hall–Kier alpha value is -5.30. The molecule has 1 amide bonds. The normalized spacial score (nSPS) is 19.7. The van der Waals surface area contributed by atoms with Crippen LogP contribution in [0.5, 0.6) is 0 Å². The van der Waals surface area contributed by atoms with Gasteiger partial charge in [-0.05, 0) is 111 Å². The van der Waals surface area contributed by atoms with E-state index < -0.39 is 5.92 Å². The summed E-state index contributed by atoms with van der Waals surface area (Å²) in [6.45, 7) is 16.9. The molecule has 3 aliphatic heterocycles. The quantitative estimate of drug-likeness (QED) is 0.0524. The van der Waals surface area contributed by atoms with Gasteiger partial charge < -0.3 is 25.9 Å². The number of piperidine rings is 1. The molecule has 5 aliphatic rings. The molecule has 3 saturated heterocycles. The molecule has 314 valence electrons. The van der Waals surface area contributed by atoms with E-state index in [0.29, 0.717) is 19.3 Å². The number of carbonyl (C=O) groups excluding carboxylic acids is 1. The monoisotopic (exact) mass is 830 g/mol. The van der Waals surface area contributed by atoms with Crippen LogP contribution >= 0.6 is 11.3 Å². The van der Waals surface area contributed by atoms with Crippen LogP contribution < -0.4 is 21.0 Å². The van der Waals surface area contributed by atoms with Crippen molar-refractivity contribution in [2.24, 2.45) is 0 Å². The van der Waals surface area contributed by atoms with Crippen LogP contribution in [0.2, 0.25) is 0 Å². The fraction of sp³-hybridized carbons (Fsp3) is 0.375. The van der Waals surface area contributed by atoms with E-state index in [1.807, 2.05) is 73.5 Å². The number of carbonyl (C=O) groups is 1. The van der Waals surface area contributed by atoms with Gasteiger partial charge in [-0.3, -0.25) is 9.69 Å². The Bertz CT molecular complexity index is 2350. The number of halogens is 2. The molecule has 3 N–H and O–H groups in total. The number of hydrogen-bond acceptors (Lipinski definition) is 9. The number of piperazine rings is 1. The number of hydrazine groups is 1. The smallest absolute Gasteiger partial charge is 0.256 e. The van der Waals surface area contributed by atoms with Crippen molar-refractivity contribution in [2.45, 2.75) is 75.4 Å². The number of thiophene rings is 1. The van der Waals surface area contributed by atoms with E-state index in [-0.39, 0.29) is 30.3 Å². The largest absolute Gasteiger partial charge is 0.371 e. The van der Waals surface area contributed by atoms with Crippen LogP contribution in [-0.4, -0.2) is 84.6 Å². The molecule has 5 heterocycles. The van der Waals surface area contributed by atoms with Crippen molar-refractivity contribution in [2.75, 3.05) is 51.1 Å². The maximum atomic E-state index is 14.1. The predicted molar refractivity (Wildman–Crippen MR) is 241 cm³/mol. The van der Waals surface area contributed by atoms with Crippen molar-refractivity contribution in [3.05, 3.63) is 143 Å². The van der Waals surface area contributed by atoms with Crippen LogP contribution in [0.25, 0.3) is 17.0 Å². The zero-order valence-corrected chi connectivity index (χ0v) is 36.0. The maximum Gasteiger partial charge on any atom is 0.256 e. The molecule has 2 aliphatic carbocycles. The van der Waals surface area contributed by atoms with Gasteiger partial charge in [0.25, 0.3) is 5.92 Å². The first-order valence-electron chi connectivity index (χ1n) is 20.8. The Balaban J connectivity index is 0.804. The zero-order chi connectivity index (χ0) is 42.3. The summed E-state index contributed by atoms with van der Waals surface area (Å²) in [6, 6.07) is 22.5. The number of hydrogen-bond donors (Lipinski definition) is 3. The van der Waals surface area contributed by atoms with Crippen LogP contribution in [0.1, 0.15) is 58.4 Å². The summed E-state index contributed by atoms with van der Waals surface area (Å²) in [5, 5.41) is 10.1. The number of likely N-dealkylation sites (N-methyl/N-ethyl adjacent to an activating group) is 1. The number of allylic oxidation sites excluding steroid dienone is 2. The van der Waals surface area contributed by atoms with Crippen LogP contribution in [0, 0.1) is 6.92 Å². The lowest BCUT2D eigenvalue weighted by molar-refractivity contribution is -0.134. The van der Waals surface area contributed by atoms with Gasteiger partial charge in [0.1, 0.15) is 11.9 Å². The third-order valence-corrected chi connectivity index (χ3v) is 13.3. The van der Waals surface area contributed by atoms with E-state index >= 15 is 0 Å². The molecule has 2 bridgehead atoms. The number of amides is 1. The molecule has 12 heteroatoms. The van der Waals surface area contributed by atoms with Crippen LogP contribution in [-0.2, 0) is 29.6 Å². The number of rotatable bonds is 18. The highest BCUT2D eigenvalue weighted by Crippen LogP contribution is 2.50. The van der Waals surface area contributed by atoms with Gasteiger partial charge in [0.15, 0.2) is 0 Å². The molecular formula is C48H56F2N8OS. The van der Waals surface area contributed by atoms with Crippen LogP contribution in [0.15, 0.2) is 110 Å². The Kier molecular flexibility index (Phi) is 11.5. The number of benzene rings is 2. The van der Waals surface area contributed by atoms with Gasteiger partial charge in [-0.15, -0.1) is 11.3 Å². The minimum atomic E-state index is -2.66. The van der Waals surface area contributed by atoms with Crippen LogP contribution in [0.3, 0.4) is 0 Å². The van der Waals surface area contributed by atoms with Crippen molar-refractivity contribution in [3.63, 3.8) is 0 Å². The maximum absolute atomic E-state index is 14.1. The summed E-state index contributed by atoms with van der Waals surface area (Å²) in [7, 11) is 6.03. The number of nitrogens with zero attached hydrogens (tertiary/aromatic N) is 5. The number of fused-ring (bicyclic) bond motifs is 3. The van der Waals surface area contributed by atoms with E-state index in [1.54, 1.807) is 11.3 Å². The summed E-state index contributed by atoms with van der Waals surface area (Å²) in [5.74, 6) is -1.73. The number of pyridine rings is 1. The van der Waals surface area contributed by atoms with Gasteiger partial charge in [0.2, 0.25) is 5.91 Å².